The second-order valence-corrected chi connectivity index (χ2v) is 4.89. The summed E-state index contributed by atoms with van der Waals surface area (Å²) in [5.74, 6) is 0.0144. The molecule has 0 saturated carbocycles. The number of fused-ring (bicyclic) bond motifs is 1. The lowest BCUT2D eigenvalue weighted by Crippen LogP contribution is -2.04. The maximum Gasteiger partial charge on any atom is 0.270 e. The second-order valence-electron chi connectivity index (χ2n) is 4.89. The molecule has 3 rings (SSSR count). The summed E-state index contributed by atoms with van der Waals surface area (Å²) in [4.78, 5) is 22.6. The Labute approximate surface area is 130 Å². The van der Waals surface area contributed by atoms with Crippen LogP contribution in [0.1, 0.15) is 11.1 Å². The van der Waals surface area contributed by atoms with Crippen molar-refractivity contribution >= 4 is 28.8 Å². The van der Waals surface area contributed by atoms with Gasteiger partial charge in [-0.15, -0.1) is 0 Å². The fourth-order valence-corrected chi connectivity index (χ4v) is 2.18. The molecule has 1 heterocycles. The van der Waals surface area contributed by atoms with Crippen molar-refractivity contribution in [1.82, 2.24) is 0 Å². The summed E-state index contributed by atoms with van der Waals surface area (Å²) in [7, 11) is 0. The van der Waals surface area contributed by atoms with Crippen molar-refractivity contribution in [3.63, 3.8) is 0 Å². The summed E-state index contributed by atoms with van der Waals surface area (Å²) < 4.78 is 5.34. The van der Waals surface area contributed by atoms with Gasteiger partial charge in [-0.2, -0.15) is 0 Å². The molecule has 0 bridgehead atoms. The normalized spacial score (nSPS) is 11.1. The topological polar surface area (TPSA) is 93.6 Å². The van der Waals surface area contributed by atoms with Gasteiger partial charge in [0, 0.05) is 18.2 Å². The van der Waals surface area contributed by atoms with Crippen molar-refractivity contribution in [2.24, 2.45) is 0 Å². The van der Waals surface area contributed by atoms with E-state index >= 15 is 0 Å². The molecule has 3 aromatic rings. The van der Waals surface area contributed by atoms with Crippen LogP contribution in [0.2, 0.25) is 0 Å². The van der Waals surface area contributed by atoms with Crippen molar-refractivity contribution in [1.29, 1.82) is 0 Å². The van der Waals surface area contributed by atoms with Crippen LogP contribution < -0.4 is 5.43 Å². The van der Waals surface area contributed by atoms with E-state index in [4.69, 9.17) is 4.42 Å². The Morgan fingerprint density at radius 2 is 1.96 bits per heavy atom. The standard InChI is InChI=1S/C17H11NO5/c19-14-6-7-15-16(9-14)23-10-12(17(15)20)5-4-11-2-1-3-13(8-11)18(21)22/h1-10,19H/b5-4+. The van der Waals surface area contributed by atoms with Crippen molar-refractivity contribution in [2.45, 2.75) is 0 Å². The number of nitro groups is 1. The number of nitrogens with zero attached hydrogens (tertiary/aromatic N) is 1. The van der Waals surface area contributed by atoms with Crippen molar-refractivity contribution in [2.75, 3.05) is 0 Å². The Bertz CT molecular complexity index is 988. The lowest BCUT2D eigenvalue weighted by Gasteiger charge is -1.99. The van der Waals surface area contributed by atoms with Gasteiger partial charge < -0.3 is 9.52 Å². The van der Waals surface area contributed by atoms with Crippen LogP contribution in [0.4, 0.5) is 5.69 Å². The quantitative estimate of drug-likeness (QED) is 0.589. The van der Waals surface area contributed by atoms with Crippen LogP contribution in [-0.4, -0.2) is 10.0 Å². The molecule has 0 unspecified atom stereocenters. The third-order valence-electron chi connectivity index (χ3n) is 3.32. The highest BCUT2D eigenvalue weighted by molar-refractivity contribution is 5.81. The number of phenols is 1. The van der Waals surface area contributed by atoms with E-state index < -0.39 is 4.92 Å². The third-order valence-corrected chi connectivity index (χ3v) is 3.32. The predicted molar refractivity (Wildman–Crippen MR) is 86.2 cm³/mol. The number of rotatable bonds is 3. The van der Waals surface area contributed by atoms with Gasteiger partial charge in [0.25, 0.3) is 5.69 Å². The lowest BCUT2D eigenvalue weighted by atomic mass is 10.1. The molecule has 0 fully saturated rings. The summed E-state index contributed by atoms with van der Waals surface area (Å²) in [6, 6.07) is 10.3. The zero-order valence-corrected chi connectivity index (χ0v) is 11.8. The number of phenolic OH excluding ortho intramolecular Hbond substituents is 1. The predicted octanol–water partition coefficient (Wildman–Crippen LogP) is 3.58. The molecular formula is C17H11NO5. The van der Waals surface area contributed by atoms with Gasteiger partial charge in [0.05, 0.1) is 15.9 Å². The van der Waals surface area contributed by atoms with Crippen LogP contribution in [0.15, 0.2) is 57.9 Å². The molecule has 6 heteroatoms. The van der Waals surface area contributed by atoms with Gasteiger partial charge in [-0.05, 0) is 23.8 Å². The Balaban J connectivity index is 2.00. The van der Waals surface area contributed by atoms with Gasteiger partial charge in [0.2, 0.25) is 0 Å². The highest BCUT2D eigenvalue weighted by Crippen LogP contribution is 2.19. The minimum Gasteiger partial charge on any atom is -0.508 e. The highest BCUT2D eigenvalue weighted by Gasteiger charge is 2.06. The van der Waals surface area contributed by atoms with Gasteiger partial charge in [-0.1, -0.05) is 18.2 Å². The molecule has 0 aliphatic rings. The molecular weight excluding hydrogens is 298 g/mol. The molecule has 0 amide bonds. The Kier molecular flexibility index (Phi) is 3.64. The SMILES string of the molecule is O=c1c(/C=C/c2cccc([N+](=O)[O-])c2)coc2cc(O)ccc12. The summed E-state index contributed by atoms with van der Waals surface area (Å²) in [6.07, 6.45) is 4.43. The van der Waals surface area contributed by atoms with Crippen LogP contribution in [-0.2, 0) is 0 Å². The average molecular weight is 309 g/mol. The van der Waals surface area contributed by atoms with E-state index in [2.05, 4.69) is 0 Å². The first-order valence-electron chi connectivity index (χ1n) is 6.72. The summed E-state index contributed by atoms with van der Waals surface area (Å²) in [5, 5.41) is 20.5. The molecule has 0 radical (unpaired) electrons. The van der Waals surface area contributed by atoms with Crippen molar-refractivity contribution in [3.05, 3.63) is 80.2 Å². The number of nitro benzene ring substituents is 1. The number of benzene rings is 2. The summed E-state index contributed by atoms with van der Waals surface area (Å²) in [5.41, 5.74) is 0.947. The molecule has 23 heavy (non-hydrogen) atoms. The first-order valence-corrected chi connectivity index (χ1v) is 6.72. The maximum absolute atomic E-state index is 12.3. The number of aromatic hydroxyl groups is 1. The average Bonchev–Trinajstić information content (AvgIpc) is 2.54. The van der Waals surface area contributed by atoms with Crippen LogP contribution in [0, 0.1) is 10.1 Å². The number of hydrogen-bond acceptors (Lipinski definition) is 5. The van der Waals surface area contributed by atoms with E-state index in [1.165, 1.54) is 42.7 Å². The minimum atomic E-state index is -0.478. The maximum atomic E-state index is 12.3. The molecule has 2 aromatic carbocycles. The molecule has 1 aromatic heterocycles. The van der Waals surface area contributed by atoms with Crippen LogP contribution in [0.3, 0.4) is 0 Å². The molecule has 0 aliphatic carbocycles. The monoisotopic (exact) mass is 309 g/mol. The first-order chi connectivity index (χ1) is 11.0. The smallest absolute Gasteiger partial charge is 0.270 e. The molecule has 1 N–H and O–H groups in total. The van der Waals surface area contributed by atoms with Crippen molar-refractivity contribution in [3.8, 4) is 5.75 Å². The van der Waals surface area contributed by atoms with Crippen LogP contribution in [0.25, 0.3) is 23.1 Å². The zero-order valence-electron chi connectivity index (χ0n) is 11.8. The van der Waals surface area contributed by atoms with Crippen molar-refractivity contribution < 1.29 is 14.4 Å². The van der Waals surface area contributed by atoms with E-state index in [-0.39, 0.29) is 16.9 Å². The zero-order chi connectivity index (χ0) is 16.4. The van der Waals surface area contributed by atoms with Gasteiger partial charge >= 0.3 is 0 Å². The highest BCUT2D eigenvalue weighted by atomic mass is 16.6. The molecule has 0 spiro atoms. The fraction of sp³-hybridized carbons (Fsp3) is 0. The fourth-order valence-electron chi connectivity index (χ4n) is 2.18. The first kappa shape index (κ1) is 14.5. The van der Waals surface area contributed by atoms with Gasteiger partial charge in [-0.3, -0.25) is 14.9 Å². The van der Waals surface area contributed by atoms with Crippen LogP contribution >= 0.6 is 0 Å². The Morgan fingerprint density at radius 1 is 1.13 bits per heavy atom. The molecule has 0 aliphatic heterocycles. The van der Waals surface area contributed by atoms with E-state index in [1.807, 2.05) is 0 Å². The molecule has 6 nitrogen and oxygen atoms in total. The number of hydrogen-bond donors (Lipinski definition) is 1. The van der Waals surface area contributed by atoms with E-state index in [0.717, 1.165) is 0 Å². The Hall–Kier alpha value is -3.41. The minimum absolute atomic E-state index is 0.0144. The molecule has 114 valence electrons. The van der Waals surface area contributed by atoms with E-state index in [0.29, 0.717) is 22.1 Å². The third kappa shape index (κ3) is 2.96. The van der Waals surface area contributed by atoms with E-state index in [9.17, 15) is 20.0 Å². The largest absolute Gasteiger partial charge is 0.508 e. The second kappa shape index (κ2) is 5.76. The molecule has 0 atom stereocenters. The number of non-ortho nitro benzene ring substituents is 1. The lowest BCUT2D eigenvalue weighted by molar-refractivity contribution is -0.384. The molecule has 0 saturated heterocycles. The summed E-state index contributed by atoms with van der Waals surface area (Å²) >= 11 is 0. The van der Waals surface area contributed by atoms with Gasteiger partial charge in [0.15, 0.2) is 5.43 Å². The van der Waals surface area contributed by atoms with Gasteiger partial charge in [-0.25, -0.2) is 0 Å². The van der Waals surface area contributed by atoms with E-state index in [1.54, 1.807) is 18.2 Å². The van der Waals surface area contributed by atoms with Gasteiger partial charge in [0.1, 0.15) is 17.6 Å². The summed E-state index contributed by atoms with van der Waals surface area (Å²) in [6.45, 7) is 0. The van der Waals surface area contributed by atoms with Crippen LogP contribution in [0.5, 0.6) is 5.75 Å². The Morgan fingerprint density at radius 3 is 2.74 bits per heavy atom.